The number of benzene rings is 5. The lowest BCUT2D eigenvalue weighted by Gasteiger charge is -2.39. The monoisotopic (exact) mass is 660 g/mol. The molecule has 5 aromatic carbocycles. The average molecular weight is 661 g/mol. The number of rotatable bonds is 9. The molecule has 3 heterocycles. The van der Waals surface area contributed by atoms with Gasteiger partial charge in [0.15, 0.2) is 5.60 Å². The summed E-state index contributed by atoms with van der Waals surface area (Å²) < 4.78 is 13.2. The lowest BCUT2D eigenvalue weighted by molar-refractivity contribution is -0.116. The molecule has 2 unspecified atom stereocenters. The fourth-order valence-electron chi connectivity index (χ4n) is 7.31. The van der Waals surface area contributed by atoms with Crippen molar-refractivity contribution in [3.63, 3.8) is 0 Å². The van der Waals surface area contributed by atoms with E-state index in [1.165, 1.54) is 0 Å². The van der Waals surface area contributed by atoms with Gasteiger partial charge in [-0.25, -0.2) is 4.79 Å². The van der Waals surface area contributed by atoms with Gasteiger partial charge in [0.05, 0.1) is 11.1 Å². The van der Waals surface area contributed by atoms with Crippen LogP contribution in [-0.4, -0.2) is 36.0 Å². The molecule has 1 spiro atoms. The number of hydrogen-bond donors (Lipinski definition) is 2. The summed E-state index contributed by atoms with van der Waals surface area (Å²) in [6, 6.07) is 38.0. The highest BCUT2D eigenvalue weighted by Gasteiger charge is 2.55. The minimum absolute atomic E-state index is 0.233. The van der Waals surface area contributed by atoms with Crippen molar-refractivity contribution in [2.45, 2.75) is 31.9 Å². The van der Waals surface area contributed by atoms with E-state index in [1.807, 2.05) is 115 Å². The fourth-order valence-corrected chi connectivity index (χ4v) is 7.31. The van der Waals surface area contributed by atoms with Crippen molar-refractivity contribution in [1.29, 1.82) is 0 Å². The van der Waals surface area contributed by atoms with E-state index in [1.54, 1.807) is 12.3 Å². The Bertz CT molecular complexity index is 2250. The summed E-state index contributed by atoms with van der Waals surface area (Å²) in [5.41, 5.74) is 4.34. The number of aromatic nitrogens is 1. The minimum Gasteiger partial charge on any atom is -0.456 e. The number of fused-ring (bicyclic) bond motifs is 7. The van der Waals surface area contributed by atoms with Crippen molar-refractivity contribution >= 4 is 39.7 Å². The Balaban J connectivity index is 1.26. The molecule has 8 nitrogen and oxygen atoms in total. The van der Waals surface area contributed by atoms with Crippen LogP contribution in [0, 0.1) is 0 Å². The Morgan fingerprint density at radius 3 is 2.40 bits per heavy atom. The second kappa shape index (κ2) is 12.7. The molecule has 2 atom stereocenters. The van der Waals surface area contributed by atoms with E-state index >= 15 is 0 Å². The Morgan fingerprint density at radius 2 is 1.56 bits per heavy atom. The third kappa shape index (κ3) is 5.20. The SMILES string of the molecule is CCN(CC)c1ccc2c(c1)Oc1cccc(NC(Cc3ccccn3)C(=O)Nc3cccc4ccccc34)c1C21OC(=O)c2ccccc21. The maximum absolute atomic E-state index is 14.3. The number of esters is 1. The van der Waals surface area contributed by atoms with Gasteiger partial charge in [0.25, 0.3) is 0 Å². The largest absolute Gasteiger partial charge is 0.456 e. The molecular formula is C42H36N4O4. The van der Waals surface area contributed by atoms with Crippen LogP contribution in [0.5, 0.6) is 11.5 Å². The molecule has 2 aliphatic heterocycles. The van der Waals surface area contributed by atoms with Gasteiger partial charge >= 0.3 is 5.97 Å². The predicted molar refractivity (Wildman–Crippen MR) is 196 cm³/mol. The van der Waals surface area contributed by atoms with E-state index in [0.717, 1.165) is 46.4 Å². The third-order valence-electron chi connectivity index (χ3n) is 9.68. The van der Waals surface area contributed by atoms with E-state index in [4.69, 9.17) is 9.47 Å². The summed E-state index contributed by atoms with van der Waals surface area (Å²) in [4.78, 5) is 34.8. The summed E-state index contributed by atoms with van der Waals surface area (Å²) in [5, 5.41) is 8.72. The van der Waals surface area contributed by atoms with Gasteiger partial charge in [0.1, 0.15) is 17.5 Å². The zero-order valence-corrected chi connectivity index (χ0v) is 27.9. The number of hydrogen-bond acceptors (Lipinski definition) is 7. The molecule has 8 rings (SSSR count). The van der Waals surface area contributed by atoms with Gasteiger partial charge in [0, 0.05) is 71.0 Å². The quantitative estimate of drug-likeness (QED) is 0.151. The normalized spacial score (nSPS) is 16.1. The molecule has 50 heavy (non-hydrogen) atoms. The molecule has 2 N–H and O–H groups in total. The van der Waals surface area contributed by atoms with E-state index in [-0.39, 0.29) is 5.91 Å². The van der Waals surface area contributed by atoms with Crippen LogP contribution in [0.1, 0.15) is 46.6 Å². The first-order valence-electron chi connectivity index (χ1n) is 17.0. The van der Waals surface area contributed by atoms with Crippen molar-refractivity contribution in [2.24, 2.45) is 0 Å². The molecule has 1 amide bonds. The van der Waals surface area contributed by atoms with E-state index in [2.05, 4.69) is 34.4 Å². The van der Waals surface area contributed by atoms with Gasteiger partial charge in [-0.15, -0.1) is 0 Å². The van der Waals surface area contributed by atoms with Crippen LogP contribution in [-0.2, 0) is 21.6 Å². The number of nitrogens with one attached hydrogen (secondary N) is 2. The number of anilines is 3. The van der Waals surface area contributed by atoms with Crippen LogP contribution in [0.2, 0.25) is 0 Å². The number of carbonyl (C=O) groups excluding carboxylic acids is 2. The van der Waals surface area contributed by atoms with Crippen LogP contribution in [0.15, 0.2) is 128 Å². The van der Waals surface area contributed by atoms with Gasteiger partial charge in [-0.2, -0.15) is 0 Å². The molecule has 0 bridgehead atoms. The second-order valence-corrected chi connectivity index (χ2v) is 12.5. The molecular weight excluding hydrogens is 624 g/mol. The first-order chi connectivity index (χ1) is 24.5. The Hall–Kier alpha value is -6.15. The number of nitrogens with zero attached hydrogens (tertiary/aromatic N) is 2. The topological polar surface area (TPSA) is 92.8 Å². The van der Waals surface area contributed by atoms with E-state index in [9.17, 15) is 9.59 Å². The molecule has 0 aliphatic carbocycles. The maximum Gasteiger partial charge on any atom is 0.340 e. The van der Waals surface area contributed by atoms with Crippen molar-refractivity contribution in [3.8, 4) is 11.5 Å². The van der Waals surface area contributed by atoms with Crippen LogP contribution < -0.4 is 20.3 Å². The summed E-state index contributed by atoms with van der Waals surface area (Å²) in [5.74, 6) is 0.501. The van der Waals surface area contributed by atoms with Crippen molar-refractivity contribution in [1.82, 2.24) is 4.98 Å². The standard InChI is InChI=1S/C42H36N4O4/c1-3-46(4-2)29-22-23-33-38(26-29)49-37-21-12-20-35(39(37)42(33)32-18-8-7-17-31(32)41(48)50-42)44-36(25-28-15-9-10-24-43-28)40(47)45-34-19-11-14-27-13-5-6-16-30(27)34/h5-24,26,36,44H,3-4,25H2,1-2H3,(H,45,47). The van der Waals surface area contributed by atoms with E-state index in [0.29, 0.717) is 40.4 Å². The third-order valence-corrected chi connectivity index (χ3v) is 9.68. The molecule has 0 saturated heterocycles. The van der Waals surface area contributed by atoms with Crippen LogP contribution in [0.25, 0.3) is 10.8 Å². The summed E-state index contributed by atoms with van der Waals surface area (Å²) >= 11 is 0. The Labute approximate surface area is 290 Å². The van der Waals surface area contributed by atoms with Crippen molar-refractivity contribution in [2.75, 3.05) is 28.6 Å². The Morgan fingerprint density at radius 1 is 0.800 bits per heavy atom. The molecule has 6 aromatic rings. The van der Waals surface area contributed by atoms with Gasteiger partial charge < -0.3 is 25.0 Å². The highest BCUT2D eigenvalue weighted by Crippen LogP contribution is 2.58. The highest BCUT2D eigenvalue weighted by atomic mass is 16.6. The zero-order chi connectivity index (χ0) is 34.2. The highest BCUT2D eigenvalue weighted by molar-refractivity contribution is 6.05. The number of pyridine rings is 1. The minimum atomic E-state index is -1.32. The molecule has 2 aliphatic rings. The zero-order valence-electron chi connectivity index (χ0n) is 27.9. The van der Waals surface area contributed by atoms with Gasteiger partial charge in [-0.05, 0) is 67.8 Å². The van der Waals surface area contributed by atoms with Crippen LogP contribution in [0.4, 0.5) is 17.1 Å². The number of amides is 1. The predicted octanol–water partition coefficient (Wildman–Crippen LogP) is 8.31. The van der Waals surface area contributed by atoms with E-state index < -0.39 is 17.6 Å². The first kappa shape index (κ1) is 31.1. The second-order valence-electron chi connectivity index (χ2n) is 12.5. The summed E-state index contributed by atoms with van der Waals surface area (Å²) in [7, 11) is 0. The average Bonchev–Trinajstić information content (AvgIpc) is 3.44. The molecule has 8 heteroatoms. The lowest BCUT2D eigenvalue weighted by Crippen LogP contribution is -2.39. The lowest BCUT2D eigenvalue weighted by atomic mass is 9.76. The molecule has 0 radical (unpaired) electrons. The van der Waals surface area contributed by atoms with Crippen LogP contribution in [0.3, 0.4) is 0 Å². The fraction of sp³-hybridized carbons (Fsp3) is 0.167. The first-order valence-corrected chi connectivity index (χ1v) is 17.0. The van der Waals surface area contributed by atoms with Crippen molar-refractivity contribution < 1.29 is 19.1 Å². The molecule has 0 saturated carbocycles. The number of carbonyl (C=O) groups is 2. The number of ether oxygens (including phenoxy) is 2. The Kier molecular flexibility index (Phi) is 7.91. The molecule has 248 valence electrons. The van der Waals surface area contributed by atoms with Gasteiger partial charge in [-0.1, -0.05) is 66.7 Å². The summed E-state index contributed by atoms with van der Waals surface area (Å²) in [6.07, 6.45) is 2.02. The molecule has 0 fully saturated rings. The smallest absolute Gasteiger partial charge is 0.340 e. The van der Waals surface area contributed by atoms with Crippen LogP contribution >= 0.6 is 0 Å². The summed E-state index contributed by atoms with van der Waals surface area (Å²) in [6.45, 7) is 5.90. The molecule has 1 aromatic heterocycles. The van der Waals surface area contributed by atoms with Crippen molar-refractivity contribution in [3.05, 3.63) is 155 Å². The van der Waals surface area contributed by atoms with Gasteiger partial charge in [-0.3, -0.25) is 9.78 Å². The van der Waals surface area contributed by atoms with Gasteiger partial charge in [0.2, 0.25) is 5.91 Å². The maximum atomic E-state index is 14.3.